The summed E-state index contributed by atoms with van der Waals surface area (Å²) in [5.74, 6) is 0.836. The van der Waals surface area contributed by atoms with Gasteiger partial charge in [0.2, 0.25) is 11.8 Å². The molecule has 0 bridgehead atoms. The Morgan fingerprint density at radius 3 is 2.44 bits per heavy atom. The summed E-state index contributed by atoms with van der Waals surface area (Å²) in [4.78, 5) is 62.4. The van der Waals surface area contributed by atoms with Gasteiger partial charge in [-0.1, -0.05) is 18.2 Å². The third kappa shape index (κ3) is 7.17. The van der Waals surface area contributed by atoms with Crippen LogP contribution in [0.3, 0.4) is 0 Å². The van der Waals surface area contributed by atoms with Gasteiger partial charge < -0.3 is 24.6 Å². The summed E-state index contributed by atoms with van der Waals surface area (Å²) in [5, 5.41) is 3.63. The first kappa shape index (κ1) is 38.3. The van der Waals surface area contributed by atoms with Gasteiger partial charge in [-0.2, -0.15) is 0 Å². The number of carbonyl (C=O) groups excluding carboxylic acids is 3. The molecule has 3 atom stereocenters. The van der Waals surface area contributed by atoms with Gasteiger partial charge in [-0.3, -0.25) is 29.6 Å². The molecule has 0 radical (unpaired) electrons. The lowest BCUT2D eigenvalue weighted by Gasteiger charge is -2.55. The Morgan fingerprint density at radius 2 is 1.71 bits per heavy atom. The molecular formula is C46H56FN9O3. The van der Waals surface area contributed by atoms with Gasteiger partial charge in [-0.05, 0) is 106 Å². The molecule has 13 heteroatoms. The number of anilines is 2. The van der Waals surface area contributed by atoms with Crippen molar-refractivity contribution in [1.29, 1.82) is 0 Å². The Morgan fingerprint density at radius 1 is 0.932 bits per heavy atom. The number of benzene rings is 2. The van der Waals surface area contributed by atoms with Gasteiger partial charge in [0.15, 0.2) is 0 Å². The van der Waals surface area contributed by atoms with Crippen LogP contribution in [0.25, 0.3) is 10.9 Å². The van der Waals surface area contributed by atoms with E-state index in [1.54, 1.807) is 18.7 Å². The largest absolute Gasteiger partial charge is 0.372 e. The highest BCUT2D eigenvalue weighted by Gasteiger charge is 2.46. The number of nitrogens with one attached hydrogen (secondary N) is 2. The van der Waals surface area contributed by atoms with Crippen LogP contribution in [-0.4, -0.2) is 117 Å². The maximum atomic E-state index is 15.2. The van der Waals surface area contributed by atoms with Crippen LogP contribution in [-0.2, 0) is 22.6 Å². The van der Waals surface area contributed by atoms with E-state index in [4.69, 9.17) is 9.97 Å². The quantitative estimate of drug-likeness (QED) is 0.219. The third-order valence-electron chi connectivity index (χ3n) is 14.3. The maximum Gasteiger partial charge on any atom is 0.255 e. The number of aromatic amines is 1. The molecule has 3 amide bonds. The molecule has 2 N–H and O–H groups in total. The van der Waals surface area contributed by atoms with E-state index in [0.717, 1.165) is 98.8 Å². The number of carbonyl (C=O) groups is 3. The molecule has 0 saturated carbocycles. The zero-order chi connectivity index (χ0) is 40.6. The Labute approximate surface area is 345 Å². The van der Waals surface area contributed by atoms with Gasteiger partial charge in [0.25, 0.3) is 5.91 Å². The number of alkyl halides is 1. The Kier molecular flexibility index (Phi) is 9.54. The van der Waals surface area contributed by atoms with E-state index in [9.17, 15) is 14.4 Å². The molecule has 2 aromatic carbocycles. The number of aromatic nitrogens is 3. The molecule has 4 aromatic rings. The summed E-state index contributed by atoms with van der Waals surface area (Å²) in [6.45, 7) is 13.7. The first-order valence-corrected chi connectivity index (χ1v) is 21.8. The fourth-order valence-corrected chi connectivity index (χ4v) is 11.2. The number of likely N-dealkylation sites (tertiary alicyclic amines) is 1. The summed E-state index contributed by atoms with van der Waals surface area (Å²) < 4.78 is 15.2. The zero-order valence-corrected chi connectivity index (χ0v) is 34.6. The van der Waals surface area contributed by atoms with Crippen LogP contribution in [0.5, 0.6) is 0 Å². The number of H-pyrrole nitrogens is 1. The fraction of sp³-hybridized carbons (Fsp3) is 0.543. The number of hydrogen-bond acceptors (Lipinski definition) is 9. The highest BCUT2D eigenvalue weighted by molar-refractivity contribution is 6.05. The minimum atomic E-state index is -1.34. The van der Waals surface area contributed by atoms with Crippen molar-refractivity contribution >= 4 is 40.1 Å². The number of rotatable bonds is 8. The second-order valence-corrected chi connectivity index (χ2v) is 19.0. The predicted molar refractivity (Wildman–Crippen MR) is 225 cm³/mol. The van der Waals surface area contributed by atoms with E-state index >= 15 is 4.39 Å². The molecule has 12 nitrogen and oxygen atoms in total. The molecule has 4 saturated heterocycles. The average Bonchev–Trinajstić information content (AvgIpc) is 3.74. The molecular weight excluding hydrogens is 746 g/mol. The van der Waals surface area contributed by atoms with E-state index in [1.807, 2.05) is 18.5 Å². The lowest BCUT2D eigenvalue weighted by atomic mass is 9.71. The molecule has 8 heterocycles. The summed E-state index contributed by atoms with van der Waals surface area (Å²) in [6, 6.07) is 13.9. The first-order chi connectivity index (χ1) is 28.4. The lowest BCUT2D eigenvalue weighted by molar-refractivity contribution is -0.136. The van der Waals surface area contributed by atoms with Gasteiger partial charge in [-0.25, -0.2) is 9.37 Å². The minimum absolute atomic E-state index is 0.122. The molecule has 4 fully saturated rings. The molecule has 6 aliphatic heterocycles. The molecule has 59 heavy (non-hydrogen) atoms. The molecule has 2 aromatic heterocycles. The van der Waals surface area contributed by atoms with E-state index in [1.165, 1.54) is 24.0 Å². The van der Waals surface area contributed by atoms with Crippen molar-refractivity contribution in [3.05, 3.63) is 82.9 Å². The van der Waals surface area contributed by atoms with E-state index in [0.29, 0.717) is 36.4 Å². The normalized spacial score (nSPS) is 25.4. The van der Waals surface area contributed by atoms with Crippen LogP contribution < -0.4 is 15.1 Å². The van der Waals surface area contributed by atoms with Gasteiger partial charge in [-0.15, -0.1) is 0 Å². The van der Waals surface area contributed by atoms with Crippen LogP contribution in [0.15, 0.2) is 54.9 Å². The molecule has 6 aliphatic rings. The molecule has 0 aliphatic carbocycles. The minimum Gasteiger partial charge on any atom is -0.372 e. The van der Waals surface area contributed by atoms with Crippen LogP contribution in [0, 0.1) is 11.3 Å². The van der Waals surface area contributed by atoms with Crippen LogP contribution in [0.2, 0.25) is 0 Å². The Balaban J connectivity index is 0.715. The van der Waals surface area contributed by atoms with Crippen LogP contribution >= 0.6 is 0 Å². The molecule has 1 spiro atoms. The number of piperidine rings is 3. The number of amides is 3. The molecule has 1 unspecified atom stereocenters. The van der Waals surface area contributed by atoms with Gasteiger partial charge >= 0.3 is 0 Å². The fourth-order valence-electron chi connectivity index (χ4n) is 11.2. The number of para-hydroxylation sites is 1. The summed E-state index contributed by atoms with van der Waals surface area (Å²) in [7, 11) is 0. The lowest BCUT2D eigenvalue weighted by Crippen LogP contribution is -2.61. The SMILES string of the molecule is C[C@@H]1Cc2c([nH]c3ccccc23)[C@@H](c2cnc(N3CCC4(CC3)CN(CC3CCN(c5ccc6c(c5)CN(C5CCC(=O)NC5=O)C6=O)CC3)C4)cn2)N1CC(C)(C)F. The second-order valence-electron chi connectivity index (χ2n) is 19.0. The predicted octanol–water partition coefficient (Wildman–Crippen LogP) is 5.62. The van der Waals surface area contributed by atoms with E-state index in [2.05, 4.69) is 73.2 Å². The molecule has 10 rings (SSSR count). The van der Waals surface area contributed by atoms with Crippen molar-refractivity contribution in [1.82, 2.24) is 35.0 Å². The standard InChI is InChI=1S/C46H56FN9O3/c1-29-20-35-34-6-4-5-7-36(34)50-41(35)42(56(29)26-45(2,3)47)37-22-49-39(23-48-37)54-18-14-46(15-19-54)27-52(28-46)24-30-12-16-53(17-13-30)32-8-9-33-31(21-32)25-55(44(33)59)38-10-11-40(57)51-43(38)58/h4-9,21-23,29-30,38,42,50H,10-20,24-28H2,1-3H3,(H,51,57,58)/t29-,38?,42-/m1/s1. The highest BCUT2D eigenvalue weighted by Crippen LogP contribution is 2.44. The average molecular weight is 802 g/mol. The number of imide groups is 1. The first-order valence-electron chi connectivity index (χ1n) is 21.8. The monoisotopic (exact) mass is 801 g/mol. The maximum absolute atomic E-state index is 15.2. The van der Waals surface area contributed by atoms with Crippen molar-refractivity contribution < 1.29 is 18.8 Å². The number of fused-ring (bicyclic) bond motifs is 4. The van der Waals surface area contributed by atoms with Crippen LogP contribution in [0.1, 0.15) is 98.2 Å². The number of nitrogens with zero attached hydrogens (tertiary/aromatic N) is 7. The smallest absolute Gasteiger partial charge is 0.255 e. The van der Waals surface area contributed by atoms with E-state index < -0.39 is 11.7 Å². The number of hydrogen-bond donors (Lipinski definition) is 2. The summed E-state index contributed by atoms with van der Waals surface area (Å²) in [5.41, 5.74) is 6.18. The summed E-state index contributed by atoms with van der Waals surface area (Å²) in [6.07, 6.45) is 9.97. The van der Waals surface area contributed by atoms with Crippen molar-refractivity contribution in [3.8, 4) is 0 Å². The second kappa shape index (κ2) is 14.7. The van der Waals surface area contributed by atoms with Gasteiger partial charge in [0, 0.05) is 99.2 Å². The zero-order valence-electron chi connectivity index (χ0n) is 34.6. The van der Waals surface area contributed by atoms with Crippen molar-refractivity contribution in [2.45, 2.75) is 96.1 Å². The Bertz CT molecular complexity index is 2260. The molecule has 310 valence electrons. The number of halogens is 1. The Hall–Kier alpha value is -4.88. The van der Waals surface area contributed by atoms with Crippen molar-refractivity contribution in [2.24, 2.45) is 11.3 Å². The van der Waals surface area contributed by atoms with E-state index in [-0.39, 0.29) is 36.2 Å². The van der Waals surface area contributed by atoms with Crippen molar-refractivity contribution in [2.75, 3.05) is 62.2 Å². The van der Waals surface area contributed by atoms with Crippen molar-refractivity contribution in [3.63, 3.8) is 0 Å². The third-order valence-corrected chi connectivity index (χ3v) is 14.3. The summed E-state index contributed by atoms with van der Waals surface area (Å²) >= 11 is 0. The van der Waals surface area contributed by atoms with Gasteiger partial charge in [0.05, 0.1) is 24.1 Å². The topological polar surface area (TPSA) is 121 Å². The highest BCUT2D eigenvalue weighted by atomic mass is 19.1. The van der Waals surface area contributed by atoms with Gasteiger partial charge in [0.1, 0.15) is 17.5 Å². The van der Waals surface area contributed by atoms with Crippen LogP contribution in [0.4, 0.5) is 15.9 Å².